The number of hydrogen-bond acceptors (Lipinski definition) is 4. The van der Waals surface area contributed by atoms with Gasteiger partial charge in [-0.25, -0.2) is 0 Å². The third kappa shape index (κ3) is 8.04. The normalized spacial score (nSPS) is 12.1. The highest BCUT2D eigenvalue weighted by Crippen LogP contribution is 1.72. The van der Waals surface area contributed by atoms with E-state index in [1.807, 2.05) is 0 Å². The second-order valence-corrected chi connectivity index (χ2v) is 6.07. The van der Waals surface area contributed by atoms with E-state index in [0.29, 0.717) is 0 Å². The van der Waals surface area contributed by atoms with Crippen LogP contribution >= 0.6 is 0 Å². The molecule has 0 unspecified atom stereocenters. The molecule has 0 atom stereocenters. The zero-order valence-corrected chi connectivity index (χ0v) is 10.4. The van der Waals surface area contributed by atoms with Crippen molar-refractivity contribution in [1.82, 2.24) is 0 Å². The van der Waals surface area contributed by atoms with E-state index >= 15 is 0 Å². The summed E-state index contributed by atoms with van der Waals surface area (Å²) in [6.45, 7) is 1.37. The van der Waals surface area contributed by atoms with Crippen molar-refractivity contribution in [1.29, 1.82) is 0 Å². The van der Waals surface area contributed by atoms with Crippen molar-refractivity contribution in [2.45, 2.75) is 6.92 Å². The summed E-state index contributed by atoms with van der Waals surface area (Å²) in [6, 6.07) is 0. The summed E-state index contributed by atoms with van der Waals surface area (Å²) >= 11 is 0. The van der Waals surface area contributed by atoms with Crippen molar-refractivity contribution in [3.8, 4) is 0 Å². The summed E-state index contributed by atoms with van der Waals surface area (Å²) < 4.78 is 14.4. The van der Waals surface area contributed by atoms with Gasteiger partial charge < -0.3 is 12.7 Å². The Hall–Kier alpha value is 0.0406. The van der Waals surface area contributed by atoms with Crippen molar-refractivity contribution in [3.05, 3.63) is 0 Å². The molecule has 0 aliphatic heterocycles. The lowest BCUT2D eigenvalue weighted by Gasteiger charge is -2.00. The molecule has 0 aromatic rings. The average Bonchev–Trinajstić information content (AvgIpc) is 1.80. The fourth-order valence-electron chi connectivity index (χ4n) is 0.242. The first-order chi connectivity index (χ1) is 4.27. The Balaban J connectivity index is 2.83. The Bertz CT molecular complexity index is 85.9. The van der Waals surface area contributed by atoms with Crippen LogP contribution in [0.2, 0.25) is 0 Å². The molecular formula is C2H10O4Si3. The van der Waals surface area contributed by atoms with E-state index in [0.717, 1.165) is 10.5 Å². The van der Waals surface area contributed by atoms with E-state index in [4.69, 9.17) is 8.23 Å². The first-order valence-corrected chi connectivity index (χ1v) is 5.60. The Morgan fingerprint density at radius 1 is 1.56 bits per heavy atom. The predicted molar refractivity (Wildman–Crippen MR) is 41.0 cm³/mol. The summed E-state index contributed by atoms with van der Waals surface area (Å²) in [6.07, 6.45) is 0. The fraction of sp³-hybridized carbons (Fsp3) is 0.500. The molecule has 4 nitrogen and oxygen atoms in total. The van der Waals surface area contributed by atoms with E-state index in [-0.39, 0.29) is 5.97 Å². The van der Waals surface area contributed by atoms with Gasteiger partial charge in [0.2, 0.25) is 0 Å². The molecule has 7 heteroatoms. The van der Waals surface area contributed by atoms with E-state index in [9.17, 15) is 4.79 Å². The molecular weight excluding hydrogens is 172 g/mol. The van der Waals surface area contributed by atoms with Gasteiger partial charge in [0.05, 0.1) is 0 Å². The van der Waals surface area contributed by atoms with Crippen molar-refractivity contribution < 1.29 is 17.5 Å². The smallest absolute Gasteiger partial charge is 0.360 e. The molecule has 0 heterocycles. The maximum Gasteiger partial charge on any atom is 0.360 e. The molecule has 0 aromatic carbocycles. The number of rotatable bonds is 4. The Morgan fingerprint density at radius 2 is 2.22 bits per heavy atom. The zero-order chi connectivity index (χ0) is 7.11. The largest absolute Gasteiger partial charge is 0.500 e. The summed E-state index contributed by atoms with van der Waals surface area (Å²) in [5.41, 5.74) is 0. The SMILES string of the molecule is CC(=O)O[SiH2]O[SiH2]O[SiH3]. The molecule has 0 spiro atoms. The summed E-state index contributed by atoms with van der Waals surface area (Å²) in [5, 5.41) is 0. The summed E-state index contributed by atoms with van der Waals surface area (Å²) in [5.74, 6) is -0.260. The van der Waals surface area contributed by atoms with Gasteiger partial charge in [0.25, 0.3) is 16.0 Å². The Kier molecular flexibility index (Phi) is 6.19. The van der Waals surface area contributed by atoms with Gasteiger partial charge in [0.15, 0.2) is 0 Å². The van der Waals surface area contributed by atoms with E-state index in [1.54, 1.807) is 0 Å². The highest BCUT2D eigenvalue weighted by Gasteiger charge is 1.91. The maximum absolute atomic E-state index is 10.1. The minimum atomic E-state index is -1.04. The third-order valence-electron chi connectivity index (χ3n) is 0.547. The molecule has 0 fully saturated rings. The van der Waals surface area contributed by atoms with Crippen molar-refractivity contribution >= 4 is 36.5 Å². The summed E-state index contributed by atoms with van der Waals surface area (Å²) in [7, 11) is -1.09. The lowest BCUT2D eigenvalue weighted by Crippen LogP contribution is -2.12. The molecule has 0 radical (unpaired) electrons. The van der Waals surface area contributed by atoms with Crippen LogP contribution in [-0.2, 0) is 17.5 Å². The van der Waals surface area contributed by atoms with Gasteiger partial charge in [-0.2, -0.15) is 0 Å². The second kappa shape index (κ2) is 6.17. The first kappa shape index (κ1) is 9.04. The van der Waals surface area contributed by atoms with E-state index in [2.05, 4.69) is 4.43 Å². The predicted octanol–water partition coefficient (Wildman–Crippen LogP) is -3.14. The molecule has 0 saturated heterocycles. The van der Waals surface area contributed by atoms with Crippen LogP contribution in [0.5, 0.6) is 0 Å². The monoisotopic (exact) mass is 182 g/mol. The number of hydrogen-bond donors (Lipinski definition) is 0. The molecule has 0 aliphatic rings. The Morgan fingerprint density at radius 3 is 2.67 bits per heavy atom. The number of carbonyl (C=O) groups excluding carboxylic acids is 1. The minimum absolute atomic E-state index is 0.260. The molecule has 0 aromatic heterocycles. The van der Waals surface area contributed by atoms with Crippen LogP contribution in [0.4, 0.5) is 0 Å². The molecule has 54 valence electrons. The average molecular weight is 182 g/mol. The highest BCUT2D eigenvalue weighted by molar-refractivity contribution is 6.39. The van der Waals surface area contributed by atoms with Gasteiger partial charge in [0, 0.05) is 6.92 Å². The van der Waals surface area contributed by atoms with Crippen LogP contribution in [0.25, 0.3) is 0 Å². The van der Waals surface area contributed by atoms with Gasteiger partial charge in [-0.05, 0) is 0 Å². The van der Waals surface area contributed by atoms with Gasteiger partial charge in [-0.1, -0.05) is 0 Å². The van der Waals surface area contributed by atoms with Gasteiger partial charge in [0.1, 0.15) is 10.5 Å². The van der Waals surface area contributed by atoms with Gasteiger partial charge in [-0.15, -0.1) is 0 Å². The van der Waals surface area contributed by atoms with Crippen LogP contribution in [-0.4, -0.2) is 36.5 Å². The molecule has 0 bridgehead atoms. The first-order valence-electron chi connectivity index (χ1n) is 2.47. The second-order valence-electron chi connectivity index (χ2n) is 1.36. The van der Waals surface area contributed by atoms with E-state index in [1.165, 1.54) is 6.92 Å². The van der Waals surface area contributed by atoms with E-state index < -0.39 is 20.0 Å². The molecule has 9 heavy (non-hydrogen) atoms. The maximum atomic E-state index is 10.1. The van der Waals surface area contributed by atoms with Crippen molar-refractivity contribution in [3.63, 3.8) is 0 Å². The zero-order valence-electron chi connectivity index (χ0n) is 5.55. The lowest BCUT2D eigenvalue weighted by molar-refractivity contribution is -0.132. The van der Waals surface area contributed by atoms with Crippen LogP contribution < -0.4 is 0 Å². The minimum Gasteiger partial charge on any atom is -0.500 e. The molecule has 0 amide bonds. The molecule has 0 rings (SSSR count). The van der Waals surface area contributed by atoms with Crippen LogP contribution in [0.3, 0.4) is 0 Å². The van der Waals surface area contributed by atoms with Gasteiger partial charge >= 0.3 is 10.0 Å². The number of carbonyl (C=O) groups is 1. The highest BCUT2D eigenvalue weighted by atomic mass is 28.4. The van der Waals surface area contributed by atoms with Gasteiger partial charge in [-0.3, -0.25) is 4.79 Å². The quantitative estimate of drug-likeness (QED) is 0.340. The van der Waals surface area contributed by atoms with Crippen LogP contribution in [0, 0.1) is 0 Å². The third-order valence-corrected chi connectivity index (χ3v) is 3.35. The lowest BCUT2D eigenvalue weighted by atomic mass is 10.9. The summed E-state index contributed by atoms with van der Waals surface area (Å²) in [4.78, 5) is 10.1. The van der Waals surface area contributed by atoms with Crippen LogP contribution in [0.1, 0.15) is 6.92 Å². The van der Waals surface area contributed by atoms with Crippen molar-refractivity contribution in [2.24, 2.45) is 0 Å². The fourth-order valence-corrected chi connectivity index (χ4v) is 3.18. The molecule has 0 saturated carbocycles. The molecule has 0 N–H and O–H groups in total. The topological polar surface area (TPSA) is 44.8 Å². The molecule has 0 aliphatic carbocycles. The standard InChI is InChI=1S/C2H10O4Si3/c1-2(3)4-8-6-9-5-7/h8-9H2,1,7H3. The Labute approximate surface area is 61.5 Å². The van der Waals surface area contributed by atoms with Crippen molar-refractivity contribution in [2.75, 3.05) is 0 Å². The van der Waals surface area contributed by atoms with Crippen LogP contribution in [0.15, 0.2) is 0 Å².